The Morgan fingerprint density at radius 1 is 1.33 bits per heavy atom. The van der Waals surface area contributed by atoms with Gasteiger partial charge in [-0.2, -0.15) is 9.98 Å². The first-order chi connectivity index (χ1) is 12.7. The third kappa shape index (κ3) is 5.33. The Morgan fingerprint density at radius 3 is 2.70 bits per heavy atom. The fraction of sp³-hybridized carbons (Fsp3) is 0.188. The number of nitriles is 1. The van der Waals surface area contributed by atoms with Crippen molar-refractivity contribution in [3.8, 4) is 6.07 Å². The molecule has 8 nitrogen and oxygen atoms in total. The second-order valence-corrected chi connectivity index (χ2v) is 7.80. The number of nitrogens with zero attached hydrogens (tertiary/aromatic N) is 1. The number of hydrogen-bond acceptors (Lipinski definition) is 7. The summed E-state index contributed by atoms with van der Waals surface area (Å²) in [6.07, 6.45) is -1.23. The molecule has 1 aromatic carbocycles. The summed E-state index contributed by atoms with van der Waals surface area (Å²) >= 11 is 1.13. The quantitative estimate of drug-likeness (QED) is 0.667. The number of esters is 1. The maximum absolute atomic E-state index is 13.6. The second kappa shape index (κ2) is 8.72. The van der Waals surface area contributed by atoms with Crippen LogP contribution in [0.15, 0.2) is 40.6 Å². The highest BCUT2D eigenvalue weighted by Gasteiger charge is 2.23. The molecule has 1 aromatic heterocycles. The monoisotopic (exact) mass is 411 g/mol. The van der Waals surface area contributed by atoms with Crippen molar-refractivity contribution in [1.29, 1.82) is 5.26 Å². The van der Waals surface area contributed by atoms with Gasteiger partial charge in [0, 0.05) is 0 Å². The number of carbonyl (C=O) groups is 2. The third-order valence-corrected chi connectivity index (χ3v) is 5.50. The van der Waals surface area contributed by atoms with Gasteiger partial charge in [0.15, 0.2) is 6.10 Å². The molecule has 0 aliphatic carbocycles. The van der Waals surface area contributed by atoms with E-state index in [-0.39, 0.29) is 5.56 Å². The van der Waals surface area contributed by atoms with E-state index in [4.69, 9.17) is 10.00 Å². The van der Waals surface area contributed by atoms with Crippen LogP contribution in [0.5, 0.6) is 0 Å². The predicted octanol–water partition coefficient (Wildman–Crippen LogP) is 1.61. The first kappa shape index (κ1) is 20.5. The predicted molar refractivity (Wildman–Crippen MR) is 94.8 cm³/mol. The normalized spacial score (nSPS) is 12.0. The summed E-state index contributed by atoms with van der Waals surface area (Å²) in [5.74, 6) is -2.67. The summed E-state index contributed by atoms with van der Waals surface area (Å²) < 4.78 is 44.3. The standard InChI is InChI=1S/C16H14FN3O5S2/c1-10(15(22)20-16-11(8-18)6-7-26-16)25-14(21)9-19-27(23,24)13-5-3-2-4-12(13)17/h2-7,10,19H,9H2,1H3,(H,20,22)/t10-/m1/s1. The minimum absolute atomic E-state index is 0.268. The molecule has 0 fully saturated rings. The van der Waals surface area contributed by atoms with Gasteiger partial charge in [-0.05, 0) is 30.5 Å². The van der Waals surface area contributed by atoms with E-state index in [2.05, 4.69) is 5.32 Å². The fourth-order valence-corrected chi connectivity index (χ4v) is 3.68. The van der Waals surface area contributed by atoms with Crippen LogP contribution in [0.25, 0.3) is 0 Å². The molecule has 0 unspecified atom stereocenters. The Morgan fingerprint density at radius 2 is 2.04 bits per heavy atom. The summed E-state index contributed by atoms with van der Waals surface area (Å²) in [6.45, 7) is 0.509. The third-order valence-electron chi connectivity index (χ3n) is 3.23. The number of carbonyl (C=O) groups excluding carboxylic acids is 2. The average Bonchev–Trinajstić information content (AvgIpc) is 3.07. The maximum Gasteiger partial charge on any atom is 0.321 e. The van der Waals surface area contributed by atoms with Crippen molar-refractivity contribution in [2.24, 2.45) is 0 Å². The van der Waals surface area contributed by atoms with Crippen LogP contribution >= 0.6 is 11.3 Å². The van der Waals surface area contributed by atoms with Crippen LogP contribution < -0.4 is 10.0 Å². The number of rotatable bonds is 7. The van der Waals surface area contributed by atoms with Crippen LogP contribution in [0.1, 0.15) is 12.5 Å². The summed E-state index contributed by atoms with van der Waals surface area (Å²) in [6, 6.07) is 8.10. The van der Waals surface area contributed by atoms with Crippen molar-refractivity contribution in [2.45, 2.75) is 17.9 Å². The highest BCUT2D eigenvalue weighted by molar-refractivity contribution is 7.89. The molecule has 0 saturated carbocycles. The zero-order valence-electron chi connectivity index (χ0n) is 13.9. The molecule has 142 valence electrons. The summed E-state index contributed by atoms with van der Waals surface area (Å²) in [4.78, 5) is 23.2. The summed E-state index contributed by atoms with van der Waals surface area (Å²) in [7, 11) is -4.25. The van der Waals surface area contributed by atoms with E-state index < -0.39 is 45.3 Å². The number of amides is 1. The molecular weight excluding hydrogens is 397 g/mol. The van der Waals surface area contributed by atoms with Crippen molar-refractivity contribution in [1.82, 2.24) is 4.72 Å². The molecule has 0 aliphatic rings. The number of benzene rings is 1. The van der Waals surface area contributed by atoms with Crippen LogP contribution in [-0.2, 0) is 24.3 Å². The van der Waals surface area contributed by atoms with Crippen molar-refractivity contribution < 1.29 is 27.1 Å². The largest absolute Gasteiger partial charge is 0.452 e. The molecule has 2 aromatic rings. The molecule has 1 amide bonds. The van der Waals surface area contributed by atoms with Crippen LogP contribution in [0, 0.1) is 17.1 Å². The lowest BCUT2D eigenvalue weighted by molar-refractivity contribution is -0.151. The van der Waals surface area contributed by atoms with Crippen LogP contribution in [0.2, 0.25) is 0 Å². The van der Waals surface area contributed by atoms with Gasteiger partial charge in [-0.25, -0.2) is 12.8 Å². The minimum atomic E-state index is -4.25. The SMILES string of the molecule is C[C@@H](OC(=O)CNS(=O)(=O)c1ccccc1F)C(=O)Nc1sccc1C#N. The molecule has 0 bridgehead atoms. The molecule has 11 heteroatoms. The lowest BCUT2D eigenvalue weighted by Crippen LogP contribution is -2.36. The van der Waals surface area contributed by atoms with Gasteiger partial charge >= 0.3 is 5.97 Å². The topological polar surface area (TPSA) is 125 Å². The zero-order chi connectivity index (χ0) is 20.0. The van der Waals surface area contributed by atoms with E-state index >= 15 is 0 Å². The molecular formula is C16H14FN3O5S2. The molecule has 0 saturated heterocycles. The molecule has 0 spiro atoms. The van der Waals surface area contributed by atoms with E-state index in [9.17, 15) is 22.4 Å². The average molecular weight is 411 g/mol. The van der Waals surface area contributed by atoms with Crippen LogP contribution in [-0.4, -0.2) is 32.9 Å². The zero-order valence-corrected chi connectivity index (χ0v) is 15.6. The van der Waals surface area contributed by atoms with Gasteiger partial charge in [-0.15, -0.1) is 11.3 Å². The number of halogens is 1. The maximum atomic E-state index is 13.6. The first-order valence-corrected chi connectivity index (χ1v) is 9.83. The number of thiophene rings is 1. The van der Waals surface area contributed by atoms with Gasteiger partial charge < -0.3 is 10.1 Å². The van der Waals surface area contributed by atoms with Gasteiger partial charge in [0.1, 0.15) is 28.3 Å². The Balaban J connectivity index is 1.90. The Labute approximate surface area is 158 Å². The molecule has 2 N–H and O–H groups in total. The summed E-state index contributed by atoms with van der Waals surface area (Å²) in [5.41, 5.74) is 0.268. The van der Waals surface area contributed by atoms with E-state index in [0.717, 1.165) is 23.5 Å². The molecule has 2 rings (SSSR count). The smallest absolute Gasteiger partial charge is 0.321 e. The van der Waals surface area contributed by atoms with Gasteiger partial charge in [0.05, 0.1) is 5.56 Å². The van der Waals surface area contributed by atoms with Crippen molar-refractivity contribution in [3.63, 3.8) is 0 Å². The van der Waals surface area contributed by atoms with Crippen LogP contribution in [0.3, 0.4) is 0 Å². The Kier molecular flexibility index (Phi) is 6.62. The second-order valence-electron chi connectivity index (χ2n) is 5.15. The number of sulfonamides is 1. The summed E-state index contributed by atoms with van der Waals surface area (Å²) in [5, 5.41) is 13.3. The minimum Gasteiger partial charge on any atom is -0.452 e. The lowest BCUT2D eigenvalue weighted by Gasteiger charge is -2.13. The van der Waals surface area contributed by atoms with E-state index in [0.29, 0.717) is 5.00 Å². The fourth-order valence-electron chi connectivity index (χ4n) is 1.89. The molecule has 0 aliphatic heterocycles. The Hall–Kier alpha value is -2.81. The molecule has 0 radical (unpaired) electrons. The van der Waals surface area contributed by atoms with Crippen molar-refractivity contribution >= 4 is 38.2 Å². The highest BCUT2D eigenvalue weighted by Crippen LogP contribution is 2.22. The molecule has 1 heterocycles. The van der Waals surface area contributed by atoms with E-state index in [1.807, 2.05) is 10.8 Å². The van der Waals surface area contributed by atoms with Crippen LogP contribution in [0.4, 0.5) is 9.39 Å². The van der Waals surface area contributed by atoms with Gasteiger partial charge in [-0.3, -0.25) is 9.59 Å². The van der Waals surface area contributed by atoms with Crippen molar-refractivity contribution in [3.05, 3.63) is 47.1 Å². The van der Waals surface area contributed by atoms with Gasteiger partial charge in [0.25, 0.3) is 5.91 Å². The van der Waals surface area contributed by atoms with Crippen molar-refractivity contribution in [2.75, 3.05) is 11.9 Å². The number of hydrogen-bond donors (Lipinski definition) is 2. The lowest BCUT2D eigenvalue weighted by atomic mass is 10.3. The molecule has 27 heavy (non-hydrogen) atoms. The Bertz CT molecular complexity index is 997. The van der Waals surface area contributed by atoms with E-state index in [1.54, 1.807) is 5.38 Å². The van der Waals surface area contributed by atoms with Gasteiger partial charge in [-0.1, -0.05) is 12.1 Å². The van der Waals surface area contributed by atoms with E-state index in [1.165, 1.54) is 25.1 Å². The number of ether oxygens (including phenoxy) is 1. The first-order valence-electron chi connectivity index (χ1n) is 7.46. The van der Waals surface area contributed by atoms with Gasteiger partial charge in [0.2, 0.25) is 10.0 Å². The number of nitrogens with one attached hydrogen (secondary N) is 2. The highest BCUT2D eigenvalue weighted by atomic mass is 32.2. The number of anilines is 1. The molecule has 1 atom stereocenters.